The number of aromatic nitrogens is 2. The molecule has 13 heavy (non-hydrogen) atoms. The molecule has 0 amide bonds. The molecular weight excluding hydrogens is 172 g/mol. The molecule has 0 radical (unpaired) electrons. The Balaban J connectivity index is 2.76. The Kier molecular flexibility index (Phi) is 3.27. The monoisotopic (exact) mass is 184 g/mol. The van der Waals surface area contributed by atoms with Gasteiger partial charge >= 0.3 is 0 Å². The van der Waals surface area contributed by atoms with Crippen LogP contribution >= 0.6 is 0 Å². The summed E-state index contributed by atoms with van der Waals surface area (Å²) < 4.78 is 5.06. The lowest BCUT2D eigenvalue weighted by Gasteiger charge is -2.05. The third kappa shape index (κ3) is 2.75. The van der Waals surface area contributed by atoms with E-state index < -0.39 is 0 Å². The highest BCUT2D eigenvalue weighted by atomic mass is 16.5. The molecule has 1 heterocycles. The van der Waals surface area contributed by atoms with Gasteiger partial charge < -0.3 is 20.9 Å². The maximum atomic E-state index is 8.51. The van der Waals surface area contributed by atoms with Gasteiger partial charge in [-0.15, -0.1) is 0 Å². The molecule has 0 saturated carbocycles. The van der Waals surface area contributed by atoms with E-state index in [0.717, 1.165) is 0 Å². The topological polar surface area (TPSA) is 93.3 Å². The summed E-state index contributed by atoms with van der Waals surface area (Å²) in [5.41, 5.74) is 5.40. The number of aliphatic hydroxyl groups is 1. The summed E-state index contributed by atoms with van der Waals surface area (Å²) in [5.74, 6) is 1.08. The number of rotatable bonds is 4. The second kappa shape index (κ2) is 4.46. The van der Waals surface area contributed by atoms with Crippen molar-refractivity contribution >= 4 is 11.8 Å². The number of hydrogen-bond acceptors (Lipinski definition) is 6. The molecule has 1 aromatic rings. The predicted molar refractivity (Wildman–Crippen MR) is 48.6 cm³/mol. The van der Waals surface area contributed by atoms with Crippen molar-refractivity contribution in [1.29, 1.82) is 0 Å². The van der Waals surface area contributed by atoms with Crippen molar-refractivity contribution in [1.82, 2.24) is 9.97 Å². The Hall–Kier alpha value is -1.56. The normalized spacial score (nSPS) is 9.69. The average Bonchev–Trinajstić information content (AvgIpc) is 2.14. The Morgan fingerprint density at radius 3 is 3.00 bits per heavy atom. The van der Waals surface area contributed by atoms with E-state index >= 15 is 0 Å². The van der Waals surface area contributed by atoms with Crippen LogP contribution in [-0.4, -0.2) is 35.3 Å². The van der Waals surface area contributed by atoms with Crippen molar-refractivity contribution in [3.05, 3.63) is 6.07 Å². The first-order valence-electron chi connectivity index (χ1n) is 3.82. The Morgan fingerprint density at radius 2 is 2.38 bits per heavy atom. The van der Waals surface area contributed by atoms with E-state index in [1.807, 2.05) is 0 Å². The van der Waals surface area contributed by atoms with Crippen LogP contribution in [0.15, 0.2) is 6.07 Å². The first-order valence-corrected chi connectivity index (χ1v) is 3.82. The molecular formula is C7H12N4O2. The highest BCUT2D eigenvalue weighted by Gasteiger charge is 2.00. The van der Waals surface area contributed by atoms with E-state index in [0.29, 0.717) is 11.7 Å². The van der Waals surface area contributed by atoms with Crippen LogP contribution in [0.25, 0.3) is 0 Å². The molecule has 0 unspecified atom stereocenters. The van der Waals surface area contributed by atoms with Gasteiger partial charge in [0.05, 0.1) is 6.61 Å². The fourth-order valence-electron chi connectivity index (χ4n) is 0.795. The number of nitrogen functional groups attached to an aromatic ring is 1. The van der Waals surface area contributed by atoms with Crippen molar-refractivity contribution < 1.29 is 9.84 Å². The van der Waals surface area contributed by atoms with E-state index in [4.69, 9.17) is 15.6 Å². The van der Waals surface area contributed by atoms with Gasteiger partial charge in [-0.05, 0) is 0 Å². The molecule has 72 valence electrons. The van der Waals surface area contributed by atoms with Crippen molar-refractivity contribution in [3.63, 3.8) is 0 Å². The lowest BCUT2D eigenvalue weighted by Crippen LogP contribution is -2.06. The molecule has 0 saturated heterocycles. The number of anilines is 2. The summed E-state index contributed by atoms with van der Waals surface area (Å²) in [5, 5.41) is 11.3. The zero-order valence-electron chi connectivity index (χ0n) is 7.32. The van der Waals surface area contributed by atoms with Crippen LogP contribution in [-0.2, 0) is 0 Å². The molecule has 0 aliphatic carbocycles. The molecule has 1 rings (SSSR count). The molecule has 0 aromatic carbocycles. The predicted octanol–water partition coefficient (Wildman–Crippen LogP) is -0.528. The van der Waals surface area contributed by atoms with Crippen LogP contribution in [0.3, 0.4) is 0 Å². The van der Waals surface area contributed by atoms with Crippen molar-refractivity contribution in [2.45, 2.75) is 0 Å². The molecule has 1 aromatic heterocycles. The Labute approximate surface area is 75.8 Å². The maximum Gasteiger partial charge on any atom is 0.225 e. The number of nitrogens with one attached hydrogen (secondary N) is 1. The molecule has 6 heteroatoms. The summed E-state index contributed by atoms with van der Waals surface area (Å²) in [4.78, 5) is 7.69. The number of hydrogen-bond donors (Lipinski definition) is 3. The Bertz CT molecular complexity index is 279. The largest absolute Gasteiger partial charge is 0.475 e. The molecule has 0 aliphatic heterocycles. The first-order chi connectivity index (χ1) is 6.26. The molecule has 4 N–H and O–H groups in total. The second-order valence-corrected chi connectivity index (χ2v) is 2.27. The molecule has 0 aliphatic rings. The third-order valence-electron chi connectivity index (χ3n) is 1.32. The van der Waals surface area contributed by atoms with Crippen LogP contribution in [0.2, 0.25) is 0 Å². The van der Waals surface area contributed by atoms with Gasteiger partial charge in [0.25, 0.3) is 0 Å². The van der Waals surface area contributed by atoms with Crippen LogP contribution < -0.4 is 15.8 Å². The van der Waals surface area contributed by atoms with E-state index in [9.17, 15) is 0 Å². The highest BCUT2D eigenvalue weighted by Crippen LogP contribution is 2.13. The summed E-state index contributed by atoms with van der Waals surface area (Å²) in [6.45, 7) is 0.137. The minimum atomic E-state index is -0.0568. The summed E-state index contributed by atoms with van der Waals surface area (Å²) in [7, 11) is 1.72. The van der Waals surface area contributed by atoms with Crippen molar-refractivity contribution in [3.8, 4) is 5.88 Å². The fraction of sp³-hybridized carbons (Fsp3) is 0.429. The minimum Gasteiger partial charge on any atom is -0.475 e. The van der Waals surface area contributed by atoms with Crippen LogP contribution in [0.1, 0.15) is 0 Å². The maximum absolute atomic E-state index is 8.51. The van der Waals surface area contributed by atoms with Gasteiger partial charge in [0.15, 0.2) is 0 Å². The molecule has 6 nitrogen and oxygen atoms in total. The molecule has 0 fully saturated rings. The van der Waals surface area contributed by atoms with E-state index in [2.05, 4.69) is 15.3 Å². The van der Waals surface area contributed by atoms with Crippen molar-refractivity contribution in [2.75, 3.05) is 31.3 Å². The van der Waals surface area contributed by atoms with Gasteiger partial charge in [0.2, 0.25) is 11.8 Å². The van der Waals surface area contributed by atoms with Gasteiger partial charge in [0, 0.05) is 13.1 Å². The lowest BCUT2D eigenvalue weighted by molar-refractivity contribution is 0.197. The number of ether oxygens (including phenoxy) is 1. The summed E-state index contributed by atoms with van der Waals surface area (Å²) in [6, 6.07) is 1.60. The van der Waals surface area contributed by atoms with Gasteiger partial charge in [-0.2, -0.15) is 9.97 Å². The van der Waals surface area contributed by atoms with Crippen LogP contribution in [0.5, 0.6) is 5.88 Å². The van der Waals surface area contributed by atoms with Crippen LogP contribution in [0, 0.1) is 0 Å². The zero-order chi connectivity index (χ0) is 9.68. The summed E-state index contributed by atoms with van der Waals surface area (Å²) in [6.07, 6.45) is 0. The van der Waals surface area contributed by atoms with E-state index in [1.54, 1.807) is 13.1 Å². The van der Waals surface area contributed by atoms with Gasteiger partial charge in [-0.1, -0.05) is 0 Å². The SMILES string of the molecule is CNc1cc(OCCO)nc(N)n1. The molecule has 0 atom stereocenters. The standard InChI is InChI=1S/C7H12N4O2/c1-9-5-4-6(13-3-2-12)11-7(8)10-5/h4,12H,2-3H2,1H3,(H3,8,9,10,11). The summed E-state index contributed by atoms with van der Waals surface area (Å²) >= 11 is 0. The van der Waals surface area contributed by atoms with Crippen LogP contribution in [0.4, 0.5) is 11.8 Å². The average molecular weight is 184 g/mol. The smallest absolute Gasteiger partial charge is 0.225 e. The molecule has 0 bridgehead atoms. The van der Waals surface area contributed by atoms with Gasteiger partial charge in [0.1, 0.15) is 12.4 Å². The van der Waals surface area contributed by atoms with E-state index in [-0.39, 0.29) is 19.2 Å². The highest BCUT2D eigenvalue weighted by molar-refractivity contribution is 5.41. The van der Waals surface area contributed by atoms with Gasteiger partial charge in [-0.25, -0.2) is 0 Å². The first kappa shape index (κ1) is 9.53. The fourth-order valence-corrected chi connectivity index (χ4v) is 0.795. The number of aliphatic hydroxyl groups excluding tert-OH is 1. The Morgan fingerprint density at radius 1 is 1.62 bits per heavy atom. The molecule has 0 spiro atoms. The number of nitrogens with two attached hydrogens (primary N) is 1. The quantitative estimate of drug-likeness (QED) is 0.582. The number of nitrogens with zero attached hydrogens (tertiary/aromatic N) is 2. The van der Waals surface area contributed by atoms with Crippen molar-refractivity contribution in [2.24, 2.45) is 0 Å². The minimum absolute atomic E-state index is 0.0568. The third-order valence-corrected chi connectivity index (χ3v) is 1.32. The van der Waals surface area contributed by atoms with Gasteiger partial charge in [-0.3, -0.25) is 0 Å². The van der Waals surface area contributed by atoms with E-state index in [1.165, 1.54) is 0 Å². The lowest BCUT2D eigenvalue weighted by atomic mass is 10.5. The second-order valence-electron chi connectivity index (χ2n) is 2.27. The zero-order valence-corrected chi connectivity index (χ0v) is 7.32.